The molecule has 1 aliphatic carbocycles. The molecular formula is C10H16O2S. The maximum Gasteiger partial charge on any atom is 0.156 e. The molecule has 3 heteroatoms. The first kappa shape index (κ1) is 10.5. The van der Waals surface area contributed by atoms with Crippen LogP contribution < -0.4 is 0 Å². The molecule has 0 aromatic rings. The summed E-state index contributed by atoms with van der Waals surface area (Å²) in [6, 6.07) is 0. The molecule has 1 unspecified atom stereocenters. The van der Waals surface area contributed by atoms with Crippen LogP contribution >= 0.6 is 0 Å². The van der Waals surface area contributed by atoms with Gasteiger partial charge in [-0.05, 0) is 19.8 Å². The molecule has 0 aromatic heterocycles. The number of sulfone groups is 1. The second-order valence-corrected chi connectivity index (χ2v) is 6.23. The van der Waals surface area contributed by atoms with Crippen LogP contribution in [-0.2, 0) is 9.84 Å². The van der Waals surface area contributed by atoms with Crippen LogP contribution in [0, 0.1) is 0 Å². The summed E-state index contributed by atoms with van der Waals surface area (Å²) in [6.45, 7) is 3.83. The van der Waals surface area contributed by atoms with Crippen LogP contribution in [0.3, 0.4) is 0 Å². The van der Waals surface area contributed by atoms with Crippen molar-refractivity contribution in [2.45, 2.75) is 31.4 Å². The standard InChI is InChI=1S/C10H16O2S/c1-4-9-5-7-10(2,8-6-9)13(3,11)12/h5-7H,4,8H2,1-3H3. The van der Waals surface area contributed by atoms with E-state index in [1.165, 1.54) is 11.8 Å². The third-order valence-corrected chi connectivity index (χ3v) is 4.67. The van der Waals surface area contributed by atoms with Gasteiger partial charge in [0, 0.05) is 6.26 Å². The molecule has 0 N–H and O–H groups in total. The molecule has 1 atom stereocenters. The van der Waals surface area contributed by atoms with Crippen LogP contribution in [0.1, 0.15) is 26.7 Å². The minimum Gasteiger partial charge on any atom is -0.228 e. The predicted molar refractivity (Wildman–Crippen MR) is 55.4 cm³/mol. The molecule has 0 amide bonds. The second-order valence-electron chi connectivity index (χ2n) is 3.75. The van der Waals surface area contributed by atoms with E-state index in [4.69, 9.17) is 0 Å². The van der Waals surface area contributed by atoms with Gasteiger partial charge >= 0.3 is 0 Å². The van der Waals surface area contributed by atoms with E-state index in [0.29, 0.717) is 6.42 Å². The summed E-state index contributed by atoms with van der Waals surface area (Å²) in [5, 5.41) is 0. The van der Waals surface area contributed by atoms with E-state index in [0.717, 1.165) is 6.42 Å². The van der Waals surface area contributed by atoms with E-state index < -0.39 is 14.6 Å². The molecule has 0 radical (unpaired) electrons. The summed E-state index contributed by atoms with van der Waals surface area (Å²) in [4.78, 5) is 0. The lowest BCUT2D eigenvalue weighted by Crippen LogP contribution is -2.32. The van der Waals surface area contributed by atoms with Gasteiger partial charge < -0.3 is 0 Å². The van der Waals surface area contributed by atoms with E-state index >= 15 is 0 Å². The Hall–Kier alpha value is -0.570. The molecule has 0 fully saturated rings. The van der Waals surface area contributed by atoms with Crippen molar-refractivity contribution in [1.82, 2.24) is 0 Å². The highest BCUT2D eigenvalue weighted by Gasteiger charge is 2.33. The number of rotatable bonds is 2. The first-order valence-corrected chi connectivity index (χ1v) is 6.36. The molecule has 2 nitrogen and oxygen atoms in total. The van der Waals surface area contributed by atoms with Gasteiger partial charge in [-0.2, -0.15) is 0 Å². The first-order valence-electron chi connectivity index (χ1n) is 4.47. The van der Waals surface area contributed by atoms with Crippen molar-refractivity contribution < 1.29 is 8.42 Å². The Kier molecular flexibility index (Phi) is 2.66. The molecular weight excluding hydrogens is 184 g/mol. The summed E-state index contributed by atoms with van der Waals surface area (Å²) in [7, 11) is -2.99. The van der Waals surface area contributed by atoms with Gasteiger partial charge in [0.05, 0.1) is 4.75 Å². The van der Waals surface area contributed by atoms with E-state index in [1.54, 1.807) is 13.0 Å². The zero-order valence-electron chi connectivity index (χ0n) is 8.37. The summed E-state index contributed by atoms with van der Waals surface area (Å²) < 4.78 is 22.2. The van der Waals surface area contributed by atoms with Crippen molar-refractivity contribution in [2.75, 3.05) is 6.26 Å². The first-order chi connectivity index (χ1) is 5.89. The van der Waals surface area contributed by atoms with Gasteiger partial charge in [0.1, 0.15) is 0 Å². The third-order valence-electron chi connectivity index (χ3n) is 2.67. The molecule has 1 aliphatic rings. The monoisotopic (exact) mass is 200 g/mol. The number of hydrogen-bond donors (Lipinski definition) is 0. The van der Waals surface area contributed by atoms with E-state index in [2.05, 4.69) is 6.92 Å². The average Bonchev–Trinajstić information content (AvgIpc) is 2.04. The lowest BCUT2D eigenvalue weighted by atomic mass is 9.96. The van der Waals surface area contributed by atoms with Gasteiger partial charge in [-0.25, -0.2) is 8.42 Å². The largest absolute Gasteiger partial charge is 0.228 e. The highest BCUT2D eigenvalue weighted by atomic mass is 32.2. The van der Waals surface area contributed by atoms with Crippen molar-refractivity contribution in [3.05, 3.63) is 23.8 Å². The second kappa shape index (κ2) is 3.29. The van der Waals surface area contributed by atoms with Crippen LogP contribution in [0.4, 0.5) is 0 Å². The Labute approximate surface area is 80.3 Å². The fraction of sp³-hybridized carbons (Fsp3) is 0.600. The molecule has 0 heterocycles. The minimum atomic E-state index is -2.99. The lowest BCUT2D eigenvalue weighted by molar-refractivity contribution is 0.568. The Morgan fingerprint density at radius 3 is 2.46 bits per heavy atom. The maximum absolute atomic E-state index is 11.4. The number of hydrogen-bond acceptors (Lipinski definition) is 2. The van der Waals surface area contributed by atoms with E-state index in [9.17, 15) is 8.42 Å². The van der Waals surface area contributed by atoms with Crippen molar-refractivity contribution in [2.24, 2.45) is 0 Å². The van der Waals surface area contributed by atoms with E-state index in [-0.39, 0.29) is 0 Å². The van der Waals surface area contributed by atoms with Gasteiger partial charge in [0.15, 0.2) is 9.84 Å². The predicted octanol–water partition coefficient (Wildman–Crippen LogP) is 2.09. The van der Waals surface area contributed by atoms with Gasteiger partial charge in [-0.3, -0.25) is 0 Å². The SMILES string of the molecule is CCC1=CCC(C)(S(C)(=O)=O)C=C1. The van der Waals surface area contributed by atoms with Crippen LogP contribution in [0.5, 0.6) is 0 Å². The van der Waals surface area contributed by atoms with Crippen molar-refractivity contribution >= 4 is 9.84 Å². The quantitative estimate of drug-likeness (QED) is 0.684. The maximum atomic E-state index is 11.4. The average molecular weight is 200 g/mol. The summed E-state index contributed by atoms with van der Waals surface area (Å²) in [5.41, 5.74) is 1.22. The molecule has 1 rings (SSSR count). The van der Waals surface area contributed by atoms with Crippen LogP contribution in [-0.4, -0.2) is 19.4 Å². The Morgan fingerprint density at radius 2 is 2.15 bits per heavy atom. The summed E-state index contributed by atoms with van der Waals surface area (Å²) in [5.74, 6) is 0. The van der Waals surface area contributed by atoms with Gasteiger partial charge in [-0.15, -0.1) is 0 Å². The lowest BCUT2D eigenvalue weighted by Gasteiger charge is -2.25. The van der Waals surface area contributed by atoms with Crippen LogP contribution in [0.2, 0.25) is 0 Å². The van der Waals surface area contributed by atoms with Gasteiger partial charge in [0.2, 0.25) is 0 Å². The molecule has 0 saturated carbocycles. The molecule has 0 saturated heterocycles. The fourth-order valence-corrected chi connectivity index (χ4v) is 1.99. The smallest absolute Gasteiger partial charge is 0.156 e. The van der Waals surface area contributed by atoms with Crippen molar-refractivity contribution in [1.29, 1.82) is 0 Å². The zero-order chi connectivity index (χ0) is 10.1. The zero-order valence-corrected chi connectivity index (χ0v) is 9.19. The molecule has 74 valence electrons. The Bertz CT molecular complexity index is 349. The Morgan fingerprint density at radius 1 is 1.54 bits per heavy atom. The van der Waals surface area contributed by atoms with Gasteiger partial charge in [0.25, 0.3) is 0 Å². The normalized spacial score (nSPS) is 28.7. The molecule has 0 spiro atoms. The molecule has 0 bridgehead atoms. The molecule has 13 heavy (non-hydrogen) atoms. The highest BCUT2D eigenvalue weighted by Crippen LogP contribution is 2.28. The summed E-state index contributed by atoms with van der Waals surface area (Å²) in [6.07, 6.45) is 8.61. The Balaban J connectivity index is 2.94. The fourth-order valence-electron chi connectivity index (χ4n) is 1.29. The molecule has 0 aliphatic heterocycles. The number of allylic oxidation sites excluding steroid dienone is 3. The summed E-state index contributed by atoms with van der Waals surface area (Å²) >= 11 is 0. The minimum absolute atomic E-state index is 0.603. The third kappa shape index (κ3) is 2.02. The van der Waals surface area contributed by atoms with Crippen molar-refractivity contribution in [3.63, 3.8) is 0 Å². The highest BCUT2D eigenvalue weighted by molar-refractivity contribution is 7.92. The topological polar surface area (TPSA) is 34.1 Å². The van der Waals surface area contributed by atoms with Crippen molar-refractivity contribution in [3.8, 4) is 0 Å². The molecule has 0 aromatic carbocycles. The van der Waals surface area contributed by atoms with Gasteiger partial charge in [-0.1, -0.05) is 30.7 Å². The van der Waals surface area contributed by atoms with Crippen LogP contribution in [0.25, 0.3) is 0 Å². The van der Waals surface area contributed by atoms with E-state index in [1.807, 2.05) is 12.2 Å². The van der Waals surface area contributed by atoms with Crippen LogP contribution in [0.15, 0.2) is 23.8 Å².